The van der Waals surface area contributed by atoms with Crippen LogP contribution in [0.25, 0.3) is 0 Å². The van der Waals surface area contributed by atoms with E-state index in [1.807, 2.05) is 0 Å². The van der Waals surface area contributed by atoms with Crippen molar-refractivity contribution in [1.29, 1.82) is 5.26 Å². The average Bonchev–Trinajstić information content (AvgIpc) is 2.30. The second-order valence-electron chi connectivity index (χ2n) is 3.62. The number of aliphatic hydroxyl groups is 1. The fourth-order valence-electron chi connectivity index (χ4n) is 1.35. The molecule has 98 valence electrons. The number of hydrogen-bond acceptors (Lipinski definition) is 3. The van der Waals surface area contributed by atoms with Crippen LogP contribution >= 0.6 is 0 Å². The van der Waals surface area contributed by atoms with Gasteiger partial charge in [-0.3, -0.25) is 0 Å². The van der Waals surface area contributed by atoms with Crippen LogP contribution in [-0.2, 0) is 6.42 Å². The van der Waals surface area contributed by atoms with Crippen LogP contribution in [0.3, 0.4) is 0 Å². The smallest absolute Gasteiger partial charge is 0.407 e. The Kier molecular flexibility index (Phi) is 4.98. The van der Waals surface area contributed by atoms with E-state index in [0.29, 0.717) is 12.0 Å². The topological polar surface area (TPSA) is 53.2 Å². The maximum atomic E-state index is 12.3. The molecule has 1 aromatic carbocycles. The van der Waals surface area contributed by atoms with Crippen molar-refractivity contribution in [2.75, 3.05) is 13.2 Å². The molecule has 1 unspecified atom stereocenters. The zero-order valence-corrected chi connectivity index (χ0v) is 9.44. The number of alkyl halides is 3. The van der Waals surface area contributed by atoms with Crippen molar-refractivity contribution < 1.29 is 23.0 Å². The summed E-state index contributed by atoms with van der Waals surface area (Å²) in [5, 5.41) is 17.2. The molecule has 1 atom stereocenters. The van der Waals surface area contributed by atoms with Gasteiger partial charge in [0.15, 0.2) is 5.92 Å². The molecule has 0 fully saturated rings. The molecule has 6 heteroatoms. The van der Waals surface area contributed by atoms with Crippen LogP contribution in [0.5, 0.6) is 5.75 Å². The minimum atomic E-state index is -4.60. The van der Waals surface area contributed by atoms with Crippen LogP contribution in [0.4, 0.5) is 13.2 Å². The van der Waals surface area contributed by atoms with E-state index in [-0.39, 0.29) is 12.4 Å². The molecule has 0 amide bonds. The van der Waals surface area contributed by atoms with Gasteiger partial charge in [-0.25, -0.2) is 0 Å². The van der Waals surface area contributed by atoms with E-state index in [2.05, 4.69) is 0 Å². The van der Waals surface area contributed by atoms with Crippen LogP contribution in [0, 0.1) is 17.2 Å². The van der Waals surface area contributed by atoms with Gasteiger partial charge in [-0.1, -0.05) is 18.2 Å². The van der Waals surface area contributed by atoms with Crippen molar-refractivity contribution in [3.05, 3.63) is 29.8 Å². The highest BCUT2D eigenvalue weighted by molar-refractivity contribution is 5.33. The highest BCUT2D eigenvalue weighted by Gasteiger charge is 2.40. The molecule has 0 aliphatic rings. The van der Waals surface area contributed by atoms with Crippen molar-refractivity contribution in [1.82, 2.24) is 0 Å². The standard InChI is InChI=1S/C12H12F3NO2/c13-12(14,15)10(7-16)8-18-11-4-2-1-3-9(11)5-6-17/h1-4,10,17H,5-6,8H2. The molecule has 0 spiro atoms. The van der Waals surface area contributed by atoms with Gasteiger partial charge in [0, 0.05) is 6.61 Å². The number of rotatable bonds is 5. The quantitative estimate of drug-likeness (QED) is 0.882. The summed E-state index contributed by atoms with van der Waals surface area (Å²) in [5.74, 6) is -1.89. The summed E-state index contributed by atoms with van der Waals surface area (Å²) in [6.45, 7) is -0.871. The molecule has 1 rings (SSSR count). The molecular weight excluding hydrogens is 247 g/mol. The lowest BCUT2D eigenvalue weighted by atomic mass is 10.1. The van der Waals surface area contributed by atoms with Crippen LogP contribution in [0.15, 0.2) is 24.3 Å². The first-order valence-corrected chi connectivity index (χ1v) is 5.27. The molecule has 0 radical (unpaired) electrons. The maximum absolute atomic E-state index is 12.3. The Morgan fingerprint density at radius 2 is 2.00 bits per heavy atom. The van der Waals surface area contributed by atoms with Crippen LogP contribution in [0.2, 0.25) is 0 Å². The Balaban J connectivity index is 2.71. The maximum Gasteiger partial charge on any atom is 0.407 e. The largest absolute Gasteiger partial charge is 0.492 e. The first kappa shape index (κ1) is 14.3. The summed E-state index contributed by atoms with van der Waals surface area (Å²) in [7, 11) is 0. The third-order valence-corrected chi connectivity index (χ3v) is 2.31. The van der Waals surface area contributed by atoms with Gasteiger partial charge in [-0.05, 0) is 18.1 Å². The molecule has 0 aliphatic carbocycles. The first-order chi connectivity index (χ1) is 8.49. The fourth-order valence-corrected chi connectivity index (χ4v) is 1.35. The summed E-state index contributed by atoms with van der Waals surface area (Å²) in [5.41, 5.74) is 0.610. The molecule has 0 saturated heterocycles. The van der Waals surface area contributed by atoms with E-state index < -0.39 is 18.7 Å². The Morgan fingerprint density at radius 3 is 2.56 bits per heavy atom. The SMILES string of the molecule is N#CC(COc1ccccc1CCO)C(F)(F)F. The molecule has 0 bridgehead atoms. The molecular formula is C12H12F3NO2. The molecule has 18 heavy (non-hydrogen) atoms. The molecule has 1 N–H and O–H groups in total. The normalized spacial score (nSPS) is 12.8. The summed E-state index contributed by atoms with van der Waals surface area (Å²) in [4.78, 5) is 0. The number of nitrogens with zero attached hydrogens (tertiary/aromatic N) is 1. The summed E-state index contributed by atoms with van der Waals surface area (Å²) < 4.78 is 42.0. The first-order valence-electron chi connectivity index (χ1n) is 5.27. The lowest BCUT2D eigenvalue weighted by molar-refractivity contribution is -0.165. The number of para-hydroxylation sites is 1. The summed E-state index contributed by atoms with van der Waals surface area (Å²) >= 11 is 0. The Hall–Kier alpha value is -1.74. The minimum Gasteiger partial charge on any atom is -0.492 e. The summed E-state index contributed by atoms with van der Waals surface area (Å²) in [6, 6.07) is 7.64. The highest BCUT2D eigenvalue weighted by atomic mass is 19.4. The summed E-state index contributed by atoms with van der Waals surface area (Å²) in [6.07, 6.45) is -4.31. The average molecular weight is 259 g/mol. The Labute approximate surface area is 102 Å². The number of nitriles is 1. The van der Waals surface area contributed by atoms with Crippen LogP contribution in [0.1, 0.15) is 5.56 Å². The molecule has 0 aromatic heterocycles. The van der Waals surface area contributed by atoms with Crippen molar-refractivity contribution in [3.63, 3.8) is 0 Å². The van der Waals surface area contributed by atoms with Gasteiger partial charge in [-0.15, -0.1) is 0 Å². The second-order valence-corrected chi connectivity index (χ2v) is 3.62. The van der Waals surface area contributed by atoms with Gasteiger partial charge in [-0.2, -0.15) is 18.4 Å². The van der Waals surface area contributed by atoms with E-state index in [0.717, 1.165) is 6.07 Å². The predicted molar refractivity (Wildman–Crippen MR) is 57.9 cm³/mol. The molecule has 0 aliphatic heterocycles. The lowest BCUT2D eigenvalue weighted by Gasteiger charge is -2.15. The highest BCUT2D eigenvalue weighted by Crippen LogP contribution is 2.27. The van der Waals surface area contributed by atoms with Gasteiger partial charge < -0.3 is 9.84 Å². The zero-order valence-electron chi connectivity index (χ0n) is 9.44. The van der Waals surface area contributed by atoms with Gasteiger partial charge in [0.25, 0.3) is 0 Å². The van der Waals surface area contributed by atoms with E-state index >= 15 is 0 Å². The van der Waals surface area contributed by atoms with Gasteiger partial charge >= 0.3 is 6.18 Å². The van der Waals surface area contributed by atoms with Gasteiger partial charge in [0.1, 0.15) is 12.4 Å². The van der Waals surface area contributed by atoms with Crippen molar-refractivity contribution in [3.8, 4) is 11.8 Å². The van der Waals surface area contributed by atoms with Crippen molar-refractivity contribution >= 4 is 0 Å². The van der Waals surface area contributed by atoms with E-state index in [1.54, 1.807) is 18.2 Å². The molecule has 3 nitrogen and oxygen atoms in total. The van der Waals surface area contributed by atoms with Crippen LogP contribution in [-0.4, -0.2) is 24.5 Å². The molecule has 1 aromatic rings. The van der Waals surface area contributed by atoms with Crippen molar-refractivity contribution in [2.45, 2.75) is 12.6 Å². The minimum absolute atomic E-state index is 0.124. The lowest BCUT2D eigenvalue weighted by Crippen LogP contribution is -2.27. The number of aliphatic hydroxyl groups excluding tert-OH is 1. The molecule has 0 saturated carbocycles. The van der Waals surface area contributed by atoms with E-state index in [1.165, 1.54) is 6.07 Å². The Bertz CT molecular complexity index is 426. The third-order valence-electron chi connectivity index (χ3n) is 2.31. The van der Waals surface area contributed by atoms with Gasteiger partial charge in [0.05, 0.1) is 6.07 Å². The number of ether oxygens (including phenoxy) is 1. The third kappa shape index (κ3) is 3.93. The molecule has 0 heterocycles. The van der Waals surface area contributed by atoms with Crippen LogP contribution < -0.4 is 4.74 Å². The second kappa shape index (κ2) is 6.26. The zero-order chi connectivity index (χ0) is 13.6. The van der Waals surface area contributed by atoms with E-state index in [9.17, 15) is 13.2 Å². The Morgan fingerprint density at radius 1 is 1.33 bits per heavy atom. The van der Waals surface area contributed by atoms with E-state index in [4.69, 9.17) is 15.1 Å². The number of hydrogen-bond donors (Lipinski definition) is 1. The van der Waals surface area contributed by atoms with Gasteiger partial charge in [0.2, 0.25) is 0 Å². The fraction of sp³-hybridized carbons (Fsp3) is 0.417. The van der Waals surface area contributed by atoms with Crippen molar-refractivity contribution in [2.24, 2.45) is 5.92 Å². The monoisotopic (exact) mass is 259 g/mol. The number of benzene rings is 1. The number of halogens is 3. The predicted octanol–water partition coefficient (Wildman–Crippen LogP) is 2.30.